The molecule has 1 atom stereocenters. The summed E-state index contributed by atoms with van der Waals surface area (Å²) >= 11 is 0. The van der Waals surface area contributed by atoms with Gasteiger partial charge in [0.15, 0.2) is 0 Å². The molecule has 1 aliphatic heterocycles. The third-order valence-corrected chi connectivity index (χ3v) is 5.46. The fourth-order valence-corrected chi connectivity index (χ4v) is 3.70. The average Bonchev–Trinajstić information content (AvgIpc) is 2.70. The number of nitrogens with zero attached hydrogens (tertiary/aromatic N) is 1. The van der Waals surface area contributed by atoms with Crippen molar-refractivity contribution in [3.05, 3.63) is 70.1 Å². The Kier molecular flexibility index (Phi) is 8.74. The molecule has 5 nitrogen and oxygen atoms in total. The maximum atomic E-state index is 12.3. The van der Waals surface area contributed by atoms with E-state index in [1.165, 1.54) is 12.8 Å². The van der Waals surface area contributed by atoms with E-state index in [9.17, 15) is 9.59 Å². The minimum absolute atomic E-state index is 0. The first-order valence-electron chi connectivity index (χ1n) is 9.82. The molecule has 0 spiro atoms. The summed E-state index contributed by atoms with van der Waals surface area (Å²) in [5.74, 6) is 1.21. The van der Waals surface area contributed by atoms with Gasteiger partial charge in [0.1, 0.15) is 0 Å². The van der Waals surface area contributed by atoms with Crippen molar-refractivity contribution in [3.63, 3.8) is 0 Å². The Morgan fingerprint density at radius 3 is 2.50 bits per heavy atom. The number of halogens is 1. The summed E-state index contributed by atoms with van der Waals surface area (Å²) in [4.78, 5) is 24.0. The average molecular weight is 404 g/mol. The van der Waals surface area contributed by atoms with E-state index in [1.807, 2.05) is 30.3 Å². The van der Waals surface area contributed by atoms with Crippen molar-refractivity contribution in [3.8, 4) is 0 Å². The zero-order chi connectivity index (χ0) is 19.1. The zero-order valence-electron chi connectivity index (χ0n) is 16.4. The highest BCUT2D eigenvalue weighted by Crippen LogP contribution is 2.24. The molecular formula is C22H30ClN3O2. The van der Waals surface area contributed by atoms with E-state index < -0.39 is 0 Å². The predicted octanol–water partition coefficient (Wildman–Crippen LogP) is 2.96. The van der Waals surface area contributed by atoms with Gasteiger partial charge in [0.2, 0.25) is 5.91 Å². The fourth-order valence-electron chi connectivity index (χ4n) is 3.70. The van der Waals surface area contributed by atoms with Crippen LogP contribution in [0.5, 0.6) is 0 Å². The molecule has 0 radical (unpaired) electrons. The Balaban J connectivity index is 0.00000280. The second-order valence-electron chi connectivity index (χ2n) is 7.53. The van der Waals surface area contributed by atoms with Crippen LogP contribution in [0.3, 0.4) is 0 Å². The van der Waals surface area contributed by atoms with E-state index in [-0.39, 0.29) is 23.9 Å². The normalized spacial score (nSPS) is 15.5. The number of carbonyl (C=O) groups is 1. The number of aromatic nitrogens is 1. The minimum atomic E-state index is -0.00305. The molecule has 6 heteroatoms. The molecule has 1 unspecified atom stereocenters. The Hall–Kier alpha value is -2.11. The number of hydrogen-bond donors (Lipinski definition) is 2. The number of nitrogens with one attached hydrogen (secondary N) is 2. The number of carbonyl (C=O) groups excluding carboxylic acids is 1. The lowest BCUT2D eigenvalue weighted by Crippen LogP contribution is -2.33. The largest absolute Gasteiger partial charge is 0.352 e. The first-order chi connectivity index (χ1) is 13.1. The van der Waals surface area contributed by atoms with Gasteiger partial charge in [0.05, 0.1) is 6.54 Å². The van der Waals surface area contributed by atoms with Crippen LogP contribution in [0.1, 0.15) is 37.3 Å². The van der Waals surface area contributed by atoms with Gasteiger partial charge in [-0.2, -0.15) is 0 Å². The minimum Gasteiger partial charge on any atom is -0.352 e. The van der Waals surface area contributed by atoms with Crippen LogP contribution in [0.25, 0.3) is 0 Å². The Bertz CT molecular complexity index is 798. The smallest absolute Gasteiger partial charge is 0.250 e. The van der Waals surface area contributed by atoms with Gasteiger partial charge in [0, 0.05) is 25.2 Å². The molecule has 0 saturated carbocycles. The van der Waals surface area contributed by atoms with Gasteiger partial charge >= 0.3 is 0 Å². The van der Waals surface area contributed by atoms with Crippen LogP contribution in [-0.2, 0) is 17.9 Å². The standard InChI is InChI=1S/C22H29N3O2.ClH/c1-17(20-9-11-23-12-10-20)14-21(26)24-15-18-5-7-19(8-6-18)16-25-13-3-2-4-22(25)27;/h2-8,13,17,20,23H,9-12,14-16H2,1H3,(H,24,26);1H. The van der Waals surface area contributed by atoms with Crippen LogP contribution in [-0.4, -0.2) is 23.6 Å². The summed E-state index contributed by atoms with van der Waals surface area (Å²) in [5, 5.41) is 6.41. The van der Waals surface area contributed by atoms with Gasteiger partial charge in [0.25, 0.3) is 5.56 Å². The molecule has 1 aromatic heterocycles. The lowest BCUT2D eigenvalue weighted by atomic mass is 9.84. The van der Waals surface area contributed by atoms with Crippen molar-refractivity contribution in [2.75, 3.05) is 13.1 Å². The molecule has 2 heterocycles. The number of amides is 1. The van der Waals surface area contributed by atoms with Crippen LogP contribution >= 0.6 is 12.4 Å². The molecule has 1 amide bonds. The molecule has 1 fully saturated rings. The number of benzene rings is 1. The first kappa shape index (κ1) is 22.2. The van der Waals surface area contributed by atoms with Crippen LogP contribution < -0.4 is 16.2 Å². The summed E-state index contributed by atoms with van der Waals surface area (Å²) in [6, 6.07) is 13.2. The second-order valence-corrected chi connectivity index (χ2v) is 7.53. The van der Waals surface area contributed by atoms with Gasteiger partial charge in [-0.3, -0.25) is 9.59 Å². The Labute approximate surface area is 173 Å². The number of pyridine rings is 1. The van der Waals surface area contributed by atoms with Crippen LogP contribution in [0, 0.1) is 11.8 Å². The van der Waals surface area contributed by atoms with Crippen molar-refractivity contribution in [2.24, 2.45) is 11.8 Å². The molecular weight excluding hydrogens is 374 g/mol. The molecule has 1 aliphatic rings. The SMILES string of the molecule is CC(CC(=O)NCc1ccc(Cn2ccccc2=O)cc1)C1CCNCC1.Cl. The molecule has 0 bridgehead atoms. The summed E-state index contributed by atoms with van der Waals surface area (Å²) in [5.41, 5.74) is 2.14. The van der Waals surface area contributed by atoms with Gasteiger partial charge in [-0.1, -0.05) is 37.3 Å². The van der Waals surface area contributed by atoms with E-state index in [1.54, 1.807) is 22.9 Å². The van der Waals surface area contributed by atoms with Gasteiger partial charge < -0.3 is 15.2 Å². The molecule has 2 N–H and O–H groups in total. The van der Waals surface area contributed by atoms with Crippen LogP contribution in [0.15, 0.2) is 53.5 Å². The summed E-state index contributed by atoms with van der Waals surface area (Å²) in [7, 11) is 0. The van der Waals surface area contributed by atoms with E-state index >= 15 is 0 Å². The van der Waals surface area contributed by atoms with Gasteiger partial charge in [-0.25, -0.2) is 0 Å². The predicted molar refractivity (Wildman–Crippen MR) is 115 cm³/mol. The first-order valence-corrected chi connectivity index (χ1v) is 9.82. The van der Waals surface area contributed by atoms with Crippen molar-refractivity contribution >= 4 is 18.3 Å². The second kappa shape index (κ2) is 11.0. The highest BCUT2D eigenvalue weighted by molar-refractivity contribution is 5.85. The van der Waals surface area contributed by atoms with Gasteiger partial charge in [-0.15, -0.1) is 12.4 Å². The highest BCUT2D eigenvalue weighted by atomic mass is 35.5. The molecule has 3 rings (SSSR count). The lowest BCUT2D eigenvalue weighted by Gasteiger charge is -2.27. The molecule has 1 aromatic carbocycles. The monoisotopic (exact) mass is 403 g/mol. The van der Waals surface area contributed by atoms with Crippen molar-refractivity contribution in [1.82, 2.24) is 15.2 Å². The third-order valence-electron chi connectivity index (χ3n) is 5.46. The van der Waals surface area contributed by atoms with Gasteiger partial charge in [-0.05, 0) is 55.0 Å². The number of piperidine rings is 1. The summed E-state index contributed by atoms with van der Waals surface area (Å²) in [6.45, 7) is 5.43. The van der Waals surface area contributed by atoms with E-state index in [0.29, 0.717) is 31.3 Å². The highest BCUT2D eigenvalue weighted by Gasteiger charge is 2.21. The van der Waals surface area contributed by atoms with E-state index in [0.717, 1.165) is 24.2 Å². The van der Waals surface area contributed by atoms with Crippen LogP contribution in [0.4, 0.5) is 0 Å². The van der Waals surface area contributed by atoms with Crippen molar-refractivity contribution in [2.45, 2.75) is 39.3 Å². The quantitative estimate of drug-likeness (QED) is 0.747. The molecule has 0 aliphatic carbocycles. The Morgan fingerprint density at radius 1 is 1.14 bits per heavy atom. The summed E-state index contributed by atoms with van der Waals surface area (Å²) in [6.07, 6.45) is 4.72. The van der Waals surface area contributed by atoms with Crippen LogP contribution in [0.2, 0.25) is 0 Å². The number of rotatable bonds is 7. The zero-order valence-corrected chi connectivity index (χ0v) is 17.2. The topological polar surface area (TPSA) is 63.1 Å². The molecule has 28 heavy (non-hydrogen) atoms. The maximum absolute atomic E-state index is 12.3. The van der Waals surface area contributed by atoms with Crippen molar-refractivity contribution < 1.29 is 4.79 Å². The molecule has 1 saturated heterocycles. The maximum Gasteiger partial charge on any atom is 0.250 e. The molecule has 2 aromatic rings. The van der Waals surface area contributed by atoms with E-state index in [2.05, 4.69) is 17.6 Å². The van der Waals surface area contributed by atoms with E-state index in [4.69, 9.17) is 0 Å². The lowest BCUT2D eigenvalue weighted by molar-refractivity contribution is -0.122. The third kappa shape index (κ3) is 6.50. The molecule has 152 valence electrons. The number of hydrogen-bond acceptors (Lipinski definition) is 3. The fraction of sp³-hybridized carbons (Fsp3) is 0.455. The summed E-state index contributed by atoms with van der Waals surface area (Å²) < 4.78 is 1.68. The van der Waals surface area contributed by atoms with Crippen molar-refractivity contribution in [1.29, 1.82) is 0 Å². The Morgan fingerprint density at radius 2 is 1.82 bits per heavy atom.